The van der Waals surface area contributed by atoms with Crippen molar-refractivity contribution in [3.05, 3.63) is 85.1 Å². The smallest absolute Gasteiger partial charge is 0.306 e. The van der Waals surface area contributed by atoms with E-state index in [0.717, 1.165) is 109 Å². The molecule has 0 aromatic carbocycles. The van der Waals surface area contributed by atoms with Gasteiger partial charge in [0.05, 0.1) is 0 Å². The quantitative estimate of drug-likeness (QED) is 0.0262. The molecule has 366 valence electrons. The number of esters is 3. The van der Waals surface area contributed by atoms with Gasteiger partial charge >= 0.3 is 17.9 Å². The van der Waals surface area contributed by atoms with Crippen LogP contribution in [0.4, 0.5) is 0 Å². The summed E-state index contributed by atoms with van der Waals surface area (Å²) in [6.07, 6.45) is 67.0. The zero-order valence-electron chi connectivity index (χ0n) is 41.8. The van der Waals surface area contributed by atoms with Gasteiger partial charge < -0.3 is 14.2 Å². The van der Waals surface area contributed by atoms with Crippen LogP contribution in [0.1, 0.15) is 245 Å². The molecule has 0 radical (unpaired) electrons. The molecule has 0 aromatic rings. The number of hydrogen-bond donors (Lipinski definition) is 0. The molecule has 0 aliphatic rings. The normalized spacial score (nSPS) is 12.7. The second-order valence-electron chi connectivity index (χ2n) is 17.6. The van der Waals surface area contributed by atoms with Gasteiger partial charge in [-0.1, -0.05) is 241 Å². The highest BCUT2D eigenvalue weighted by Crippen LogP contribution is 2.14. The molecular weight excluding hydrogens is 793 g/mol. The molecule has 64 heavy (non-hydrogen) atoms. The molecule has 0 aromatic heterocycles. The zero-order valence-corrected chi connectivity index (χ0v) is 41.8. The molecule has 6 heteroatoms. The molecule has 0 spiro atoms. The Balaban J connectivity index is 4.45. The predicted molar refractivity (Wildman–Crippen MR) is 274 cm³/mol. The minimum Gasteiger partial charge on any atom is -0.462 e. The van der Waals surface area contributed by atoms with E-state index in [9.17, 15) is 14.4 Å². The van der Waals surface area contributed by atoms with E-state index in [-0.39, 0.29) is 31.1 Å². The second-order valence-corrected chi connectivity index (χ2v) is 17.6. The predicted octanol–water partition coefficient (Wildman–Crippen LogP) is 17.6. The average molecular weight is 891 g/mol. The van der Waals surface area contributed by atoms with Gasteiger partial charge in [-0.05, 0) is 70.6 Å². The third-order valence-corrected chi connectivity index (χ3v) is 11.3. The summed E-state index contributed by atoms with van der Waals surface area (Å²) >= 11 is 0. The van der Waals surface area contributed by atoms with Crippen LogP contribution in [0, 0.1) is 0 Å². The summed E-state index contributed by atoms with van der Waals surface area (Å²) in [7, 11) is 0. The molecule has 0 rings (SSSR count). The first-order valence-corrected chi connectivity index (χ1v) is 26.7. The lowest BCUT2D eigenvalue weighted by molar-refractivity contribution is -0.167. The molecule has 0 saturated carbocycles. The Morgan fingerprint density at radius 2 is 0.562 bits per heavy atom. The van der Waals surface area contributed by atoms with Crippen molar-refractivity contribution >= 4 is 17.9 Å². The number of ether oxygens (including phenoxy) is 3. The van der Waals surface area contributed by atoms with E-state index in [2.05, 4.69) is 106 Å². The minimum atomic E-state index is -0.795. The maximum absolute atomic E-state index is 12.8. The maximum atomic E-state index is 12.8. The van der Waals surface area contributed by atoms with Crippen molar-refractivity contribution in [2.75, 3.05) is 13.2 Å². The van der Waals surface area contributed by atoms with Gasteiger partial charge in [-0.2, -0.15) is 0 Å². The molecular formula is C58H98O6. The van der Waals surface area contributed by atoms with E-state index in [1.54, 1.807) is 0 Å². The average Bonchev–Trinajstić information content (AvgIpc) is 3.29. The van der Waals surface area contributed by atoms with Crippen molar-refractivity contribution < 1.29 is 28.6 Å². The number of allylic oxidation sites excluding steroid dienone is 14. The van der Waals surface area contributed by atoms with E-state index in [1.165, 1.54) is 96.3 Å². The van der Waals surface area contributed by atoms with Crippen molar-refractivity contribution in [2.45, 2.75) is 252 Å². The molecule has 0 N–H and O–H groups in total. The van der Waals surface area contributed by atoms with Crippen molar-refractivity contribution in [3.8, 4) is 0 Å². The highest BCUT2D eigenvalue weighted by atomic mass is 16.6. The lowest BCUT2D eigenvalue weighted by atomic mass is 10.1. The Bertz CT molecular complexity index is 1250. The Kier molecular flexibility index (Phi) is 49.4. The first kappa shape index (κ1) is 60.6. The van der Waals surface area contributed by atoms with Gasteiger partial charge in [-0.3, -0.25) is 14.4 Å². The first-order valence-electron chi connectivity index (χ1n) is 26.7. The van der Waals surface area contributed by atoms with Gasteiger partial charge in [0, 0.05) is 19.3 Å². The van der Waals surface area contributed by atoms with Gasteiger partial charge in [-0.15, -0.1) is 0 Å². The SMILES string of the molecule is CCCCC\C=C/C=C\C=C/C=C\CCCCCCCC(=O)OCC(COC(=O)CCCCCCCCCCCC)OC(=O)CCCCCCC\C=C/C=C\C=C/CCCCCCC. The number of carbonyl (C=O) groups is 3. The van der Waals surface area contributed by atoms with Crippen molar-refractivity contribution in [2.24, 2.45) is 0 Å². The molecule has 0 bridgehead atoms. The van der Waals surface area contributed by atoms with Crippen LogP contribution in [0.5, 0.6) is 0 Å². The van der Waals surface area contributed by atoms with Gasteiger partial charge in [-0.25, -0.2) is 0 Å². The number of hydrogen-bond acceptors (Lipinski definition) is 6. The highest BCUT2D eigenvalue weighted by Gasteiger charge is 2.19. The topological polar surface area (TPSA) is 78.9 Å². The lowest BCUT2D eigenvalue weighted by Gasteiger charge is -2.18. The van der Waals surface area contributed by atoms with E-state index in [4.69, 9.17) is 14.2 Å². The van der Waals surface area contributed by atoms with Gasteiger partial charge in [0.15, 0.2) is 6.10 Å². The summed E-state index contributed by atoms with van der Waals surface area (Å²) in [6.45, 7) is 6.53. The number of carbonyl (C=O) groups excluding carboxylic acids is 3. The molecule has 0 heterocycles. The van der Waals surface area contributed by atoms with E-state index in [1.807, 2.05) is 0 Å². The van der Waals surface area contributed by atoms with Crippen LogP contribution in [-0.2, 0) is 28.6 Å². The highest BCUT2D eigenvalue weighted by molar-refractivity contribution is 5.71. The molecule has 0 fully saturated rings. The van der Waals surface area contributed by atoms with Crippen LogP contribution in [0.15, 0.2) is 85.1 Å². The second kappa shape index (κ2) is 52.2. The molecule has 1 atom stereocenters. The van der Waals surface area contributed by atoms with Crippen molar-refractivity contribution in [3.63, 3.8) is 0 Å². The zero-order chi connectivity index (χ0) is 46.5. The largest absolute Gasteiger partial charge is 0.462 e. The Hall–Kier alpha value is -3.41. The fraction of sp³-hybridized carbons (Fsp3) is 0.707. The summed E-state index contributed by atoms with van der Waals surface area (Å²) in [5.74, 6) is -0.936. The third kappa shape index (κ3) is 49.6. The lowest BCUT2D eigenvalue weighted by Crippen LogP contribution is -2.30. The molecule has 0 amide bonds. The van der Waals surface area contributed by atoms with Crippen LogP contribution in [-0.4, -0.2) is 37.2 Å². The van der Waals surface area contributed by atoms with Gasteiger partial charge in [0.25, 0.3) is 0 Å². The summed E-state index contributed by atoms with van der Waals surface area (Å²) < 4.78 is 16.8. The van der Waals surface area contributed by atoms with Crippen molar-refractivity contribution in [1.29, 1.82) is 0 Å². The molecule has 1 unspecified atom stereocenters. The fourth-order valence-corrected chi connectivity index (χ4v) is 7.22. The summed E-state index contributed by atoms with van der Waals surface area (Å²) in [5.41, 5.74) is 0. The Morgan fingerprint density at radius 1 is 0.312 bits per heavy atom. The Morgan fingerprint density at radius 3 is 0.906 bits per heavy atom. The summed E-state index contributed by atoms with van der Waals surface area (Å²) in [5, 5.41) is 0. The van der Waals surface area contributed by atoms with E-state index in [0.29, 0.717) is 19.3 Å². The van der Waals surface area contributed by atoms with Crippen LogP contribution in [0.25, 0.3) is 0 Å². The van der Waals surface area contributed by atoms with E-state index >= 15 is 0 Å². The molecule has 0 saturated heterocycles. The van der Waals surface area contributed by atoms with E-state index < -0.39 is 6.10 Å². The molecule has 6 nitrogen and oxygen atoms in total. The van der Waals surface area contributed by atoms with Crippen LogP contribution in [0.3, 0.4) is 0 Å². The number of rotatable bonds is 47. The Labute approximate surface area is 395 Å². The van der Waals surface area contributed by atoms with Crippen LogP contribution in [0.2, 0.25) is 0 Å². The van der Waals surface area contributed by atoms with Crippen LogP contribution >= 0.6 is 0 Å². The first-order chi connectivity index (χ1) is 31.5. The standard InChI is InChI=1S/C58H98O6/c1-4-7-10-13-16-19-22-24-26-28-30-32-34-36-39-42-45-48-51-57(60)63-54-55(53-62-56(59)50-47-44-41-38-21-18-15-12-9-6-3)64-58(61)52-49-46-43-40-37-35-33-31-29-27-25-23-20-17-14-11-8-5-2/h16,19,22-33,55H,4-15,17-18,20-21,34-54H2,1-3H3/b19-16-,24-22-,25-23-,28-26-,29-27-,32-30-,33-31-. The summed E-state index contributed by atoms with van der Waals surface area (Å²) in [4.78, 5) is 38.0. The van der Waals surface area contributed by atoms with Gasteiger partial charge in [0.2, 0.25) is 0 Å². The third-order valence-electron chi connectivity index (χ3n) is 11.3. The fourth-order valence-electron chi connectivity index (χ4n) is 7.22. The molecule has 0 aliphatic heterocycles. The minimum absolute atomic E-state index is 0.0921. The van der Waals surface area contributed by atoms with Crippen LogP contribution < -0.4 is 0 Å². The maximum Gasteiger partial charge on any atom is 0.306 e. The van der Waals surface area contributed by atoms with Crippen molar-refractivity contribution in [1.82, 2.24) is 0 Å². The summed E-state index contributed by atoms with van der Waals surface area (Å²) in [6, 6.07) is 0. The van der Waals surface area contributed by atoms with Gasteiger partial charge in [0.1, 0.15) is 13.2 Å². The molecule has 0 aliphatic carbocycles. The monoisotopic (exact) mass is 891 g/mol. The number of unbranched alkanes of at least 4 members (excludes halogenated alkanes) is 27.